The molecule has 2 fully saturated rings. The second-order valence-electron chi connectivity index (χ2n) is 9.29. The Balaban J connectivity index is 1.52. The Morgan fingerprint density at radius 2 is 1.91 bits per heavy atom. The molecule has 0 saturated heterocycles. The Kier molecular flexibility index (Phi) is 6.69. The van der Waals surface area contributed by atoms with Crippen LogP contribution in [-0.2, 0) is 4.79 Å². The molecule has 9 nitrogen and oxygen atoms in total. The molecule has 0 spiro atoms. The largest absolute Gasteiger partial charge is 0.393 e. The van der Waals surface area contributed by atoms with Gasteiger partial charge in [-0.25, -0.2) is 14.4 Å². The summed E-state index contributed by atoms with van der Waals surface area (Å²) >= 11 is 12.2. The van der Waals surface area contributed by atoms with Gasteiger partial charge in [0, 0.05) is 23.0 Å². The molecule has 5 rings (SSSR count). The molecule has 1 aromatic carbocycles. The summed E-state index contributed by atoms with van der Waals surface area (Å²) in [5.41, 5.74) is 6.70. The number of hydrogen-bond donors (Lipinski definition) is 4. The highest BCUT2D eigenvalue weighted by Gasteiger charge is 2.30. The molecular weight excluding hydrogens is 496 g/mol. The average Bonchev–Trinajstić information content (AvgIpc) is 3.38. The van der Waals surface area contributed by atoms with Crippen molar-refractivity contribution in [3.05, 3.63) is 34.2 Å². The Labute approximate surface area is 211 Å². The van der Waals surface area contributed by atoms with Crippen LogP contribution in [0.3, 0.4) is 0 Å². The van der Waals surface area contributed by atoms with Crippen LogP contribution in [0.15, 0.2) is 18.3 Å². The number of nitrogens with two attached hydrogens (primary N) is 1. The molecule has 1 amide bonds. The second kappa shape index (κ2) is 9.75. The van der Waals surface area contributed by atoms with E-state index in [0.29, 0.717) is 55.2 Å². The maximum atomic E-state index is 14.7. The quantitative estimate of drug-likeness (QED) is 0.373. The zero-order valence-electron chi connectivity index (χ0n) is 18.8. The van der Waals surface area contributed by atoms with Gasteiger partial charge in [-0.15, -0.1) is 0 Å². The average molecular weight is 522 g/mol. The van der Waals surface area contributed by atoms with Crippen molar-refractivity contribution >= 4 is 57.9 Å². The molecule has 0 bridgehead atoms. The monoisotopic (exact) mass is 521 g/mol. The summed E-state index contributed by atoms with van der Waals surface area (Å²) in [6.45, 7) is 0. The Morgan fingerprint density at radius 3 is 2.57 bits per heavy atom. The summed E-state index contributed by atoms with van der Waals surface area (Å²) < 4.78 is 16.6. The van der Waals surface area contributed by atoms with Crippen LogP contribution in [0.4, 0.5) is 22.0 Å². The van der Waals surface area contributed by atoms with Crippen molar-refractivity contribution in [1.82, 2.24) is 19.5 Å². The fourth-order valence-corrected chi connectivity index (χ4v) is 5.57. The summed E-state index contributed by atoms with van der Waals surface area (Å²) in [4.78, 5) is 25.4. The number of anilines is 3. The SMILES string of the molecule is NC(=O)[C@H]1CC[C@@H](n2c(Nc3c(F)cc(Cl)cc3Cl)nc3cnc(N[C@@H]4CC[C@@H](O)C4)nc32)CC1. The minimum atomic E-state index is -0.605. The fourth-order valence-electron chi connectivity index (χ4n) is 5.06. The van der Waals surface area contributed by atoms with Gasteiger partial charge in [0.2, 0.25) is 17.8 Å². The standard InChI is InChI=1S/C23H26Cl2FN7O2/c24-12-7-16(25)19(17(26)8-12)31-23-30-18-10-28-22(29-13-3-6-15(34)9-13)32-21(18)33(23)14-4-1-11(2-5-14)20(27)35/h7-8,10-11,13-15,34H,1-6,9H2,(H2,27,35)(H,30,31)(H,28,29,32)/t11-,13-,14+,15-/m1/s1. The first kappa shape index (κ1) is 24.0. The van der Waals surface area contributed by atoms with E-state index in [-0.39, 0.29) is 45.7 Å². The molecule has 2 aromatic heterocycles. The lowest BCUT2D eigenvalue weighted by Gasteiger charge is -2.29. The topological polar surface area (TPSA) is 131 Å². The number of carbonyl (C=O) groups is 1. The molecule has 35 heavy (non-hydrogen) atoms. The molecule has 2 heterocycles. The highest BCUT2D eigenvalue weighted by atomic mass is 35.5. The number of amides is 1. The third-order valence-electron chi connectivity index (χ3n) is 6.88. The minimum absolute atomic E-state index is 0.0386. The van der Waals surface area contributed by atoms with E-state index >= 15 is 0 Å². The number of aliphatic hydroxyl groups is 1. The van der Waals surface area contributed by atoms with Gasteiger partial charge in [-0.05, 0) is 57.1 Å². The predicted molar refractivity (Wildman–Crippen MR) is 132 cm³/mol. The lowest BCUT2D eigenvalue weighted by molar-refractivity contribution is -0.122. The van der Waals surface area contributed by atoms with E-state index in [4.69, 9.17) is 33.9 Å². The fraction of sp³-hybridized carbons (Fsp3) is 0.478. The molecule has 0 unspecified atom stereocenters. The Morgan fingerprint density at radius 1 is 1.14 bits per heavy atom. The van der Waals surface area contributed by atoms with Crippen molar-refractivity contribution in [1.29, 1.82) is 0 Å². The maximum absolute atomic E-state index is 14.7. The van der Waals surface area contributed by atoms with Crippen LogP contribution in [0.5, 0.6) is 0 Å². The number of fused-ring (bicyclic) bond motifs is 1. The first-order valence-corrected chi connectivity index (χ1v) is 12.4. The van der Waals surface area contributed by atoms with Crippen LogP contribution in [0.25, 0.3) is 11.2 Å². The molecule has 0 aliphatic heterocycles. The Bertz CT molecular complexity index is 1240. The van der Waals surface area contributed by atoms with Crippen molar-refractivity contribution < 1.29 is 14.3 Å². The normalized spacial score (nSPS) is 24.6. The van der Waals surface area contributed by atoms with Gasteiger partial charge < -0.3 is 21.5 Å². The van der Waals surface area contributed by atoms with Gasteiger partial charge in [0.25, 0.3) is 0 Å². The number of rotatable bonds is 6. The molecule has 2 saturated carbocycles. The molecule has 2 aliphatic carbocycles. The summed E-state index contributed by atoms with van der Waals surface area (Å²) in [7, 11) is 0. The number of aromatic nitrogens is 4. The first-order valence-electron chi connectivity index (χ1n) is 11.7. The highest BCUT2D eigenvalue weighted by Crippen LogP contribution is 2.38. The van der Waals surface area contributed by atoms with Crippen molar-refractivity contribution in [3.63, 3.8) is 0 Å². The smallest absolute Gasteiger partial charge is 0.224 e. The second-order valence-corrected chi connectivity index (χ2v) is 10.1. The number of nitrogens with zero attached hydrogens (tertiary/aromatic N) is 4. The van der Waals surface area contributed by atoms with Gasteiger partial charge in [0.05, 0.1) is 23.0 Å². The molecule has 12 heteroatoms. The van der Waals surface area contributed by atoms with Crippen molar-refractivity contribution in [2.45, 2.75) is 63.1 Å². The van der Waals surface area contributed by atoms with Crippen LogP contribution < -0.4 is 16.4 Å². The minimum Gasteiger partial charge on any atom is -0.393 e. The van der Waals surface area contributed by atoms with Gasteiger partial charge in [0.15, 0.2) is 5.65 Å². The summed E-state index contributed by atoms with van der Waals surface area (Å²) in [5, 5.41) is 16.5. The number of hydrogen-bond acceptors (Lipinski definition) is 7. The Hall–Kier alpha value is -2.69. The van der Waals surface area contributed by atoms with Gasteiger partial charge in [0.1, 0.15) is 11.3 Å². The van der Waals surface area contributed by atoms with Crippen LogP contribution in [0.1, 0.15) is 51.0 Å². The van der Waals surface area contributed by atoms with Crippen LogP contribution in [-0.4, -0.2) is 42.7 Å². The number of aliphatic hydroxyl groups excluding tert-OH is 1. The lowest BCUT2D eigenvalue weighted by atomic mass is 9.85. The number of benzene rings is 1. The lowest BCUT2D eigenvalue weighted by Crippen LogP contribution is -2.29. The van der Waals surface area contributed by atoms with Gasteiger partial charge >= 0.3 is 0 Å². The van der Waals surface area contributed by atoms with Gasteiger partial charge in [-0.2, -0.15) is 4.98 Å². The third kappa shape index (κ3) is 5.00. The molecule has 0 radical (unpaired) electrons. The number of primary amides is 1. The summed E-state index contributed by atoms with van der Waals surface area (Å²) in [6.07, 6.45) is 6.17. The maximum Gasteiger partial charge on any atom is 0.224 e. The van der Waals surface area contributed by atoms with E-state index in [2.05, 4.69) is 20.6 Å². The predicted octanol–water partition coefficient (Wildman–Crippen LogP) is 4.56. The highest BCUT2D eigenvalue weighted by molar-refractivity contribution is 6.36. The zero-order valence-corrected chi connectivity index (χ0v) is 20.4. The van der Waals surface area contributed by atoms with Crippen LogP contribution >= 0.6 is 23.2 Å². The van der Waals surface area contributed by atoms with E-state index in [1.807, 2.05) is 4.57 Å². The van der Waals surface area contributed by atoms with Gasteiger partial charge in [-0.3, -0.25) is 9.36 Å². The van der Waals surface area contributed by atoms with Crippen molar-refractivity contribution in [2.24, 2.45) is 11.7 Å². The van der Waals surface area contributed by atoms with E-state index in [9.17, 15) is 14.3 Å². The van der Waals surface area contributed by atoms with E-state index in [1.165, 1.54) is 12.1 Å². The zero-order chi connectivity index (χ0) is 24.7. The molecular formula is C23H26Cl2FN7O2. The number of carbonyl (C=O) groups excluding carboxylic acids is 1. The molecule has 5 N–H and O–H groups in total. The van der Waals surface area contributed by atoms with E-state index in [0.717, 1.165) is 12.8 Å². The first-order chi connectivity index (χ1) is 16.8. The van der Waals surface area contributed by atoms with Crippen molar-refractivity contribution in [2.75, 3.05) is 10.6 Å². The van der Waals surface area contributed by atoms with Crippen LogP contribution in [0.2, 0.25) is 10.0 Å². The number of halogens is 3. The molecule has 3 aromatic rings. The van der Waals surface area contributed by atoms with E-state index < -0.39 is 5.82 Å². The number of imidazole rings is 1. The number of nitrogens with one attached hydrogen (secondary N) is 2. The summed E-state index contributed by atoms with van der Waals surface area (Å²) in [6, 6.07) is 2.68. The third-order valence-corrected chi connectivity index (χ3v) is 7.40. The summed E-state index contributed by atoms with van der Waals surface area (Å²) in [5.74, 6) is -0.257. The molecule has 2 aliphatic rings. The molecule has 186 valence electrons. The molecule has 2 atom stereocenters. The van der Waals surface area contributed by atoms with E-state index in [1.54, 1.807) is 6.20 Å². The van der Waals surface area contributed by atoms with Crippen LogP contribution in [0, 0.1) is 11.7 Å². The van der Waals surface area contributed by atoms with Gasteiger partial charge in [-0.1, -0.05) is 23.2 Å². The van der Waals surface area contributed by atoms with Crippen molar-refractivity contribution in [3.8, 4) is 0 Å².